The Kier molecular flexibility index (Phi) is 5.71. The highest BCUT2D eigenvalue weighted by Gasteiger charge is 2.37. The van der Waals surface area contributed by atoms with E-state index in [-0.39, 0.29) is 30.4 Å². The summed E-state index contributed by atoms with van der Waals surface area (Å²) in [6, 6.07) is 17.4. The van der Waals surface area contributed by atoms with Crippen LogP contribution in [0.5, 0.6) is 0 Å². The lowest BCUT2D eigenvalue weighted by atomic mass is 9.83. The number of nitrogens with zero attached hydrogens (tertiary/aromatic N) is 1. The van der Waals surface area contributed by atoms with Crippen molar-refractivity contribution in [2.75, 3.05) is 6.54 Å². The standard InChI is InChI=1S/C22H25NO3/c1-3-20(24)16(2)21-19-12-8-7-11-18(19)13-14-23(21)22(25)26-15-17-9-5-4-6-10-17/h4-12,16,21H,3,13-15H2,1-2H3. The van der Waals surface area contributed by atoms with Crippen LogP contribution in [0.1, 0.15) is 43.0 Å². The summed E-state index contributed by atoms with van der Waals surface area (Å²) in [7, 11) is 0. The third-order valence-electron chi connectivity index (χ3n) is 5.10. The van der Waals surface area contributed by atoms with Crippen LogP contribution in [0.15, 0.2) is 54.6 Å². The van der Waals surface area contributed by atoms with Crippen molar-refractivity contribution in [2.45, 2.75) is 39.3 Å². The largest absolute Gasteiger partial charge is 0.445 e. The van der Waals surface area contributed by atoms with Gasteiger partial charge in [0.05, 0.1) is 6.04 Å². The lowest BCUT2D eigenvalue weighted by Crippen LogP contribution is -2.44. The van der Waals surface area contributed by atoms with Gasteiger partial charge in [0, 0.05) is 18.9 Å². The molecule has 0 spiro atoms. The Morgan fingerprint density at radius 3 is 2.54 bits per heavy atom. The maximum absolute atomic E-state index is 12.8. The van der Waals surface area contributed by atoms with E-state index in [1.54, 1.807) is 4.90 Å². The minimum absolute atomic E-state index is 0.160. The van der Waals surface area contributed by atoms with E-state index in [1.165, 1.54) is 5.56 Å². The van der Waals surface area contributed by atoms with Crippen molar-refractivity contribution < 1.29 is 14.3 Å². The van der Waals surface area contributed by atoms with E-state index in [9.17, 15) is 9.59 Å². The highest BCUT2D eigenvalue weighted by atomic mass is 16.6. The second-order valence-electron chi connectivity index (χ2n) is 6.74. The van der Waals surface area contributed by atoms with Crippen molar-refractivity contribution in [3.8, 4) is 0 Å². The van der Waals surface area contributed by atoms with E-state index >= 15 is 0 Å². The molecule has 0 fully saturated rings. The van der Waals surface area contributed by atoms with Gasteiger partial charge in [0.15, 0.2) is 0 Å². The maximum atomic E-state index is 12.8. The van der Waals surface area contributed by atoms with Crippen LogP contribution in [0.2, 0.25) is 0 Å². The molecule has 2 aromatic carbocycles. The van der Waals surface area contributed by atoms with Crippen LogP contribution in [0.4, 0.5) is 4.79 Å². The van der Waals surface area contributed by atoms with E-state index in [1.807, 2.05) is 62.4 Å². The molecule has 0 radical (unpaired) electrons. The van der Waals surface area contributed by atoms with Crippen LogP contribution in [0.3, 0.4) is 0 Å². The van der Waals surface area contributed by atoms with Crippen molar-refractivity contribution in [3.63, 3.8) is 0 Å². The van der Waals surface area contributed by atoms with Crippen molar-refractivity contribution in [3.05, 3.63) is 71.3 Å². The second-order valence-corrected chi connectivity index (χ2v) is 6.74. The molecular formula is C22H25NO3. The molecule has 1 aliphatic heterocycles. The van der Waals surface area contributed by atoms with Gasteiger partial charge in [-0.25, -0.2) is 4.79 Å². The zero-order valence-corrected chi connectivity index (χ0v) is 15.4. The van der Waals surface area contributed by atoms with Gasteiger partial charge >= 0.3 is 6.09 Å². The summed E-state index contributed by atoms with van der Waals surface area (Å²) < 4.78 is 5.55. The average molecular weight is 351 g/mol. The van der Waals surface area contributed by atoms with Gasteiger partial charge < -0.3 is 9.64 Å². The summed E-state index contributed by atoms with van der Waals surface area (Å²) in [4.78, 5) is 26.9. The number of ether oxygens (including phenoxy) is 1. The lowest BCUT2D eigenvalue weighted by molar-refractivity contribution is -0.124. The number of benzene rings is 2. The van der Waals surface area contributed by atoms with Gasteiger partial charge in [-0.1, -0.05) is 68.4 Å². The molecule has 0 aliphatic carbocycles. The van der Waals surface area contributed by atoms with Gasteiger partial charge in [-0.15, -0.1) is 0 Å². The van der Waals surface area contributed by atoms with Crippen molar-refractivity contribution in [1.29, 1.82) is 0 Å². The average Bonchev–Trinajstić information content (AvgIpc) is 2.70. The molecule has 1 amide bonds. The van der Waals surface area contributed by atoms with E-state index < -0.39 is 0 Å². The van der Waals surface area contributed by atoms with E-state index in [0.29, 0.717) is 13.0 Å². The van der Waals surface area contributed by atoms with Crippen molar-refractivity contribution in [1.82, 2.24) is 4.90 Å². The van der Waals surface area contributed by atoms with Gasteiger partial charge in [0.1, 0.15) is 12.4 Å². The molecule has 0 saturated heterocycles. The van der Waals surface area contributed by atoms with E-state index in [0.717, 1.165) is 17.5 Å². The molecule has 2 atom stereocenters. The maximum Gasteiger partial charge on any atom is 0.410 e. The molecule has 1 aliphatic rings. The van der Waals surface area contributed by atoms with Crippen LogP contribution in [0.25, 0.3) is 0 Å². The normalized spacial score (nSPS) is 17.3. The first kappa shape index (κ1) is 18.2. The molecule has 1 heterocycles. The van der Waals surface area contributed by atoms with Gasteiger partial charge in [0.2, 0.25) is 0 Å². The van der Waals surface area contributed by atoms with Crippen LogP contribution >= 0.6 is 0 Å². The minimum Gasteiger partial charge on any atom is -0.445 e. The number of amides is 1. The summed E-state index contributed by atoms with van der Waals surface area (Å²) >= 11 is 0. The molecule has 2 aromatic rings. The number of ketones is 1. The fourth-order valence-electron chi connectivity index (χ4n) is 3.64. The molecular weight excluding hydrogens is 326 g/mol. The van der Waals surface area contributed by atoms with Gasteiger partial charge in [-0.2, -0.15) is 0 Å². The fraction of sp³-hybridized carbons (Fsp3) is 0.364. The summed E-state index contributed by atoms with van der Waals surface area (Å²) in [5.41, 5.74) is 3.22. The summed E-state index contributed by atoms with van der Waals surface area (Å²) in [5, 5.41) is 0. The fourth-order valence-corrected chi connectivity index (χ4v) is 3.64. The topological polar surface area (TPSA) is 46.6 Å². The summed E-state index contributed by atoms with van der Waals surface area (Å²) in [5.74, 6) is -0.0988. The first-order chi connectivity index (χ1) is 12.6. The smallest absolute Gasteiger partial charge is 0.410 e. The number of hydrogen-bond donors (Lipinski definition) is 0. The third-order valence-corrected chi connectivity index (χ3v) is 5.10. The van der Waals surface area contributed by atoms with Crippen molar-refractivity contribution >= 4 is 11.9 Å². The van der Waals surface area contributed by atoms with Crippen LogP contribution in [0, 0.1) is 5.92 Å². The number of carbonyl (C=O) groups excluding carboxylic acids is 2. The predicted octanol–water partition coefficient (Wildman–Crippen LogP) is 4.54. The molecule has 26 heavy (non-hydrogen) atoms. The Morgan fingerprint density at radius 2 is 1.81 bits per heavy atom. The number of rotatable bonds is 5. The Hall–Kier alpha value is -2.62. The second kappa shape index (κ2) is 8.17. The van der Waals surface area contributed by atoms with Crippen LogP contribution in [-0.4, -0.2) is 23.3 Å². The Bertz CT molecular complexity index is 772. The SMILES string of the molecule is CCC(=O)C(C)C1c2ccccc2CCN1C(=O)OCc1ccccc1. The monoisotopic (exact) mass is 351 g/mol. The number of fused-ring (bicyclic) bond motifs is 1. The summed E-state index contributed by atoms with van der Waals surface area (Å²) in [6.07, 6.45) is 0.886. The number of hydrogen-bond acceptors (Lipinski definition) is 3. The molecule has 0 saturated carbocycles. The Labute approximate surface area is 154 Å². The zero-order valence-electron chi connectivity index (χ0n) is 15.4. The molecule has 136 valence electrons. The van der Waals surface area contributed by atoms with Gasteiger partial charge in [0.25, 0.3) is 0 Å². The zero-order chi connectivity index (χ0) is 18.5. The quantitative estimate of drug-likeness (QED) is 0.794. The lowest BCUT2D eigenvalue weighted by Gasteiger charge is -2.39. The van der Waals surface area contributed by atoms with E-state index in [4.69, 9.17) is 4.74 Å². The van der Waals surface area contributed by atoms with Crippen LogP contribution in [-0.2, 0) is 22.6 Å². The molecule has 0 aromatic heterocycles. The Morgan fingerprint density at radius 1 is 1.12 bits per heavy atom. The third kappa shape index (κ3) is 3.79. The highest BCUT2D eigenvalue weighted by molar-refractivity contribution is 5.82. The number of Topliss-reactive ketones (excluding diaryl/α,β-unsaturated/α-hetero) is 1. The highest BCUT2D eigenvalue weighted by Crippen LogP contribution is 2.36. The molecule has 0 bridgehead atoms. The van der Waals surface area contributed by atoms with E-state index in [2.05, 4.69) is 6.07 Å². The molecule has 4 heteroatoms. The predicted molar refractivity (Wildman–Crippen MR) is 101 cm³/mol. The molecule has 2 unspecified atom stereocenters. The number of carbonyl (C=O) groups is 2. The first-order valence-electron chi connectivity index (χ1n) is 9.19. The van der Waals surface area contributed by atoms with Crippen molar-refractivity contribution in [2.24, 2.45) is 5.92 Å². The summed E-state index contributed by atoms with van der Waals surface area (Å²) in [6.45, 7) is 4.58. The minimum atomic E-state index is -0.357. The van der Waals surface area contributed by atoms with Gasteiger partial charge in [-0.3, -0.25) is 4.79 Å². The molecule has 4 nitrogen and oxygen atoms in total. The molecule has 3 rings (SSSR count). The molecule has 0 N–H and O–H groups in total. The first-order valence-corrected chi connectivity index (χ1v) is 9.19. The van der Waals surface area contributed by atoms with Crippen LogP contribution < -0.4 is 0 Å². The van der Waals surface area contributed by atoms with Gasteiger partial charge in [-0.05, 0) is 23.1 Å². The Balaban J connectivity index is 1.82.